The Labute approximate surface area is 196 Å². The molecule has 4 aromatic rings. The quantitative estimate of drug-likeness (QED) is 0.419. The minimum Gasteiger partial charge on any atom is -0.458 e. The Hall–Kier alpha value is -3.77. The van der Waals surface area contributed by atoms with Gasteiger partial charge in [-0.05, 0) is 42.5 Å². The second-order valence-corrected chi connectivity index (χ2v) is 9.02. The summed E-state index contributed by atoms with van der Waals surface area (Å²) in [5.74, 6) is -0.708. The summed E-state index contributed by atoms with van der Waals surface area (Å²) in [6.07, 6.45) is 1.82. The molecule has 1 unspecified atom stereocenters. The van der Waals surface area contributed by atoms with Crippen LogP contribution in [0.4, 0.5) is 0 Å². The summed E-state index contributed by atoms with van der Waals surface area (Å²) in [6.45, 7) is 2.00. The van der Waals surface area contributed by atoms with Crippen LogP contribution in [0.5, 0.6) is 0 Å². The third-order valence-electron chi connectivity index (χ3n) is 7.22. The Morgan fingerprint density at radius 1 is 1.03 bits per heavy atom. The van der Waals surface area contributed by atoms with E-state index in [1.807, 2.05) is 36.4 Å². The molecule has 6 nitrogen and oxygen atoms in total. The van der Waals surface area contributed by atoms with E-state index < -0.39 is 11.6 Å². The SMILES string of the molecule is CCC1(O)C(=O)OCc2c1cc1n(c2=O)Cc2c-1nc1ccccc1c2CCc1ccccc1. The number of hydrogen-bond acceptors (Lipinski definition) is 5. The number of cyclic esters (lactones) is 1. The first kappa shape index (κ1) is 20.8. The molecule has 4 heterocycles. The summed E-state index contributed by atoms with van der Waals surface area (Å²) in [7, 11) is 0. The van der Waals surface area contributed by atoms with Crippen LogP contribution in [-0.2, 0) is 41.1 Å². The lowest BCUT2D eigenvalue weighted by molar-refractivity contribution is -0.172. The molecule has 0 fully saturated rings. The van der Waals surface area contributed by atoms with Gasteiger partial charge in [-0.1, -0.05) is 55.5 Å². The molecule has 0 bridgehead atoms. The largest absolute Gasteiger partial charge is 0.458 e. The van der Waals surface area contributed by atoms with Crippen LogP contribution in [0.3, 0.4) is 0 Å². The topological polar surface area (TPSA) is 81.4 Å². The van der Waals surface area contributed by atoms with Gasteiger partial charge in [-0.2, -0.15) is 0 Å². The van der Waals surface area contributed by atoms with E-state index in [0.29, 0.717) is 23.4 Å². The number of aryl methyl sites for hydroxylation is 2. The zero-order valence-corrected chi connectivity index (χ0v) is 18.9. The second-order valence-electron chi connectivity index (χ2n) is 9.02. The maximum Gasteiger partial charge on any atom is 0.343 e. The summed E-state index contributed by atoms with van der Waals surface area (Å²) >= 11 is 0. The van der Waals surface area contributed by atoms with Crippen LogP contribution in [0.15, 0.2) is 65.5 Å². The van der Waals surface area contributed by atoms with Crippen LogP contribution in [0.1, 0.15) is 41.2 Å². The molecule has 1 atom stereocenters. The Morgan fingerprint density at radius 3 is 2.59 bits per heavy atom. The lowest BCUT2D eigenvalue weighted by Gasteiger charge is -2.31. The Morgan fingerprint density at radius 2 is 1.79 bits per heavy atom. The average molecular weight is 453 g/mol. The van der Waals surface area contributed by atoms with E-state index in [2.05, 4.69) is 18.2 Å². The van der Waals surface area contributed by atoms with Gasteiger partial charge in [0.2, 0.25) is 0 Å². The van der Waals surface area contributed by atoms with Crippen molar-refractivity contribution in [3.05, 3.63) is 98.8 Å². The summed E-state index contributed by atoms with van der Waals surface area (Å²) in [4.78, 5) is 30.9. The highest BCUT2D eigenvalue weighted by molar-refractivity contribution is 5.89. The summed E-state index contributed by atoms with van der Waals surface area (Å²) in [6, 6.07) is 20.2. The van der Waals surface area contributed by atoms with Crippen LogP contribution in [-0.4, -0.2) is 20.6 Å². The molecule has 0 radical (unpaired) electrons. The molecule has 170 valence electrons. The minimum atomic E-state index is -1.82. The minimum absolute atomic E-state index is 0.123. The van der Waals surface area contributed by atoms with E-state index >= 15 is 0 Å². The number of pyridine rings is 2. The van der Waals surface area contributed by atoms with Crippen LogP contribution >= 0.6 is 0 Å². The zero-order chi connectivity index (χ0) is 23.4. The molecule has 6 heteroatoms. The Kier molecular flexibility index (Phi) is 4.67. The fourth-order valence-corrected chi connectivity index (χ4v) is 5.31. The molecule has 34 heavy (non-hydrogen) atoms. The van der Waals surface area contributed by atoms with Crippen molar-refractivity contribution in [1.82, 2.24) is 9.55 Å². The number of aromatic nitrogens is 2. The van der Waals surface area contributed by atoms with E-state index in [1.54, 1.807) is 17.6 Å². The number of benzene rings is 2. The van der Waals surface area contributed by atoms with Crippen molar-refractivity contribution in [2.75, 3.05) is 0 Å². The smallest absolute Gasteiger partial charge is 0.343 e. The Bertz CT molecular complexity index is 1520. The molecule has 0 saturated heterocycles. The van der Waals surface area contributed by atoms with Gasteiger partial charge in [0.1, 0.15) is 6.61 Å². The maximum atomic E-state index is 13.5. The average Bonchev–Trinajstić information content (AvgIpc) is 3.24. The third-order valence-corrected chi connectivity index (χ3v) is 7.22. The van der Waals surface area contributed by atoms with Gasteiger partial charge in [-0.15, -0.1) is 0 Å². The molecule has 2 aromatic carbocycles. The van der Waals surface area contributed by atoms with Gasteiger partial charge in [0.05, 0.1) is 29.0 Å². The van der Waals surface area contributed by atoms with Crippen molar-refractivity contribution < 1.29 is 14.6 Å². The Balaban J connectivity index is 1.55. The number of ether oxygens (including phenoxy) is 1. The van der Waals surface area contributed by atoms with E-state index in [0.717, 1.165) is 35.0 Å². The van der Waals surface area contributed by atoms with E-state index in [1.165, 1.54) is 11.1 Å². The summed E-state index contributed by atoms with van der Waals surface area (Å²) in [5.41, 5.74) is 4.36. The number of esters is 1. The number of para-hydroxylation sites is 1. The van der Waals surface area contributed by atoms with Gasteiger partial charge < -0.3 is 14.4 Å². The number of hydrogen-bond donors (Lipinski definition) is 1. The fourth-order valence-electron chi connectivity index (χ4n) is 5.31. The number of nitrogens with zero attached hydrogens (tertiary/aromatic N) is 2. The van der Waals surface area contributed by atoms with Crippen molar-refractivity contribution in [3.8, 4) is 11.4 Å². The van der Waals surface area contributed by atoms with Crippen molar-refractivity contribution in [3.63, 3.8) is 0 Å². The van der Waals surface area contributed by atoms with E-state index in [-0.39, 0.29) is 18.6 Å². The number of fused-ring (bicyclic) bond motifs is 5. The predicted octanol–water partition coefficient (Wildman–Crippen LogP) is 3.86. The summed E-state index contributed by atoms with van der Waals surface area (Å²) < 4.78 is 6.89. The van der Waals surface area contributed by atoms with Gasteiger partial charge in [-0.3, -0.25) is 4.79 Å². The van der Waals surface area contributed by atoms with Crippen molar-refractivity contribution in [2.45, 2.75) is 44.9 Å². The molecule has 1 N–H and O–H groups in total. The third kappa shape index (κ3) is 2.95. The lowest BCUT2D eigenvalue weighted by atomic mass is 9.86. The molecule has 2 aliphatic rings. The highest BCUT2D eigenvalue weighted by Crippen LogP contribution is 2.40. The molecular weight excluding hydrogens is 428 g/mol. The first-order valence-corrected chi connectivity index (χ1v) is 11.6. The predicted molar refractivity (Wildman–Crippen MR) is 128 cm³/mol. The monoisotopic (exact) mass is 452 g/mol. The highest BCUT2D eigenvalue weighted by Gasteiger charge is 2.45. The van der Waals surface area contributed by atoms with Crippen LogP contribution in [0, 0.1) is 0 Å². The van der Waals surface area contributed by atoms with Crippen LogP contribution in [0.2, 0.25) is 0 Å². The molecule has 0 spiro atoms. The lowest BCUT2D eigenvalue weighted by Crippen LogP contribution is -2.44. The number of carbonyl (C=O) groups is 1. The molecule has 6 rings (SSSR count). The van der Waals surface area contributed by atoms with Crippen LogP contribution < -0.4 is 5.56 Å². The maximum absolute atomic E-state index is 13.5. The summed E-state index contributed by atoms with van der Waals surface area (Å²) in [5, 5.41) is 12.2. The number of rotatable bonds is 4. The van der Waals surface area contributed by atoms with Gasteiger partial charge in [-0.25, -0.2) is 9.78 Å². The van der Waals surface area contributed by atoms with Gasteiger partial charge in [0.15, 0.2) is 5.60 Å². The van der Waals surface area contributed by atoms with Crippen LogP contribution in [0.25, 0.3) is 22.3 Å². The second kappa shape index (κ2) is 7.64. The molecule has 0 aliphatic carbocycles. The zero-order valence-electron chi connectivity index (χ0n) is 18.9. The van der Waals surface area contributed by atoms with E-state index in [9.17, 15) is 14.7 Å². The number of carbonyl (C=O) groups excluding carboxylic acids is 1. The van der Waals surface area contributed by atoms with Crippen molar-refractivity contribution in [1.29, 1.82) is 0 Å². The molecule has 0 amide bonds. The first-order valence-electron chi connectivity index (χ1n) is 11.6. The fraction of sp³-hybridized carbons (Fsp3) is 0.250. The molecule has 0 saturated carbocycles. The van der Waals surface area contributed by atoms with E-state index in [4.69, 9.17) is 9.72 Å². The van der Waals surface area contributed by atoms with Crippen molar-refractivity contribution in [2.24, 2.45) is 0 Å². The first-order chi connectivity index (χ1) is 16.5. The molecule has 2 aliphatic heterocycles. The molecule has 2 aromatic heterocycles. The van der Waals surface area contributed by atoms with Gasteiger partial charge in [0.25, 0.3) is 5.56 Å². The van der Waals surface area contributed by atoms with Crippen molar-refractivity contribution >= 4 is 16.9 Å². The van der Waals surface area contributed by atoms with Gasteiger partial charge >= 0.3 is 5.97 Å². The van der Waals surface area contributed by atoms with Gasteiger partial charge in [0, 0.05) is 16.5 Å². The normalized spacial score (nSPS) is 18.4. The standard InChI is InChI=1S/C28H24N2O4/c1-2-28(33)22-14-24-25-20(15-30(24)26(31)21(22)16-34-27(28)32)18(13-12-17-8-4-3-5-9-17)19-10-6-7-11-23(19)29-25/h3-11,14,33H,2,12-13,15-16H2,1H3. The number of aliphatic hydroxyl groups is 1. The highest BCUT2D eigenvalue weighted by atomic mass is 16.6. The molecular formula is C28H24N2O4.